The SMILES string of the molecule is CCOC(=O)CO/N=C\C1=CC(=O)[C@H]2C[C@@H]1C2(C)C. The fraction of sp³-hybridized carbons (Fsp3) is 0.643. The Bertz CT molecular complexity index is 450. The molecule has 0 amide bonds. The molecule has 0 aromatic carbocycles. The van der Waals surface area contributed by atoms with Crippen molar-refractivity contribution in [1.29, 1.82) is 0 Å². The van der Waals surface area contributed by atoms with Crippen LogP contribution in [0.4, 0.5) is 0 Å². The van der Waals surface area contributed by atoms with Gasteiger partial charge in [-0.25, -0.2) is 4.79 Å². The molecular formula is C14H19NO4. The first-order chi connectivity index (χ1) is 8.96. The predicted molar refractivity (Wildman–Crippen MR) is 69.5 cm³/mol. The summed E-state index contributed by atoms with van der Waals surface area (Å²) in [6.45, 7) is 6.05. The minimum Gasteiger partial charge on any atom is -0.463 e. The van der Waals surface area contributed by atoms with E-state index in [-0.39, 0.29) is 23.7 Å². The number of carbonyl (C=O) groups is 2. The van der Waals surface area contributed by atoms with Crippen LogP contribution in [0.15, 0.2) is 16.8 Å². The molecule has 2 atom stereocenters. The number of hydrogen-bond acceptors (Lipinski definition) is 5. The average Bonchev–Trinajstić information content (AvgIpc) is 2.33. The summed E-state index contributed by atoms with van der Waals surface area (Å²) in [5.41, 5.74) is 0.898. The van der Waals surface area contributed by atoms with Crippen LogP contribution in [-0.2, 0) is 19.2 Å². The van der Waals surface area contributed by atoms with Crippen LogP contribution in [0.3, 0.4) is 0 Å². The van der Waals surface area contributed by atoms with Gasteiger partial charge in [0.1, 0.15) is 0 Å². The number of fused-ring (bicyclic) bond motifs is 1. The van der Waals surface area contributed by atoms with Gasteiger partial charge < -0.3 is 9.57 Å². The second-order valence-corrected chi connectivity index (χ2v) is 5.52. The van der Waals surface area contributed by atoms with Crippen LogP contribution in [0.5, 0.6) is 0 Å². The van der Waals surface area contributed by atoms with E-state index in [4.69, 9.17) is 9.57 Å². The highest BCUT2D eigenvalue weighted by Gasteiger charge is 2.54. The molecule has 1 saturated carbocycles. The van der Waals surface area contributed by atoms with Gasteiger partial charge in [-0.05, 0) is 36.3 Å². The second-order valence-electron chi connectivity index (χ2n) is 5.52. The molecule has 0 saturated heterocycles. The Balaban J connectivity index is 1.89. The molecule has 19 heavy (non-hydrogen) atoms. The van der Waals surface area contributed by atoms with Crippen molar-refractivity contribution in [3.8, 4) is 0 Å². The molecule has 1 fully saturated rings. The molecule has 0 N–H and O–H groups in total. The Morgan fingerprint density at radius 3 is 2.84 bits per heavy atom. The maximum atomic E-state index is 11.8. The first kappa shape index (κ1) is 13.8. The third-order valence-electron chi connectivity index (χ3n) is 4.09. The van der Waals surface area contributed by atoms with E-state index in [9.17, 15) is 9.59 Å². The third kappa shape index (κ3) is 2.55. The molecule has 0 radical (unpaired) electrons. The van der Waals surface area contributed by atoms with Gasteiger partial charge in [0.2, 0.25) is 6.61 Å². The zero-order chi connectivity index (χ0) is 14.0. The van der Waals surface area contributed by atoms with Crippen molar-refractivity contribution in [1.82, 2.24) is 0 Å². The molecule has 5 heteroatoms. The van der Waals surface area contributed by atoms with E-state index in [0.29, 0.717) is 12.5 Å². The molecule has 3 rings (SSSR count). The molecule has 0 aliphatic heterocycles. The van der Waals surface area contributed by atoms with Gasteiger partial charge in [0, 0.05) is 5.92 Å². The van der Waals surface area contributed by atoms with Gasteiger partial charge in [0.15, 0.2) is 5.78 Å². The smallest absolute Gasteiger partial charge is 0.347 e. The van der Waals surface area contributed by atoms with Gasteiger partial charge >= 0.3 is 5.97 Å². The highest BCUT2D eigenvalue weighted by Crippen LogP contribution is 2.57. The van der Waals surface area contributed by atoms with Crippen molar-refractivity contribution in [3.05, 3.63) is 11.6 Å². The number of oxime groups is 1. The van der Waals surface area contributed by atoms with Gasteiger partial charge in [-0.15, -0.1) is 0 Å². The number of ketones is 1. The van der Waals surface area contributed by atoms with Gasteiger partial charge in [-0.1, -0.05) is 19.0 Å². The van der Waals surface area contributed by atoms with Crippen molar-refractivity contribution in [2.45, 2.75) is 27.2 Å². The highest BCUT2D eigenvalue weighted by atomic mass is 16.6. The van der Waals surface area contributed by atoms with E-state index in [1.807, 2.05) is 0 Å². The van der Waals surface area contributed by atoms with E-state index in [1.54, 1.807) is 19.2 Å². The lowest BCUT2D eigenvalue weighted by molar-refractivity contribution is -0.148. The van der Waals surface area contributed by atoms with Crippen molar-refractivity contribution in [2.24, 2.45) is 22.4 Å². The summed E-state index contributed by atoms with van der Waals surface area (Å²) >= 11 is 0. The van der Waals surface area contributed by atoms with Crippen LogP contribution in [0.2, 0.25) is 0 Å². The van der Waals surface area contributed by atoms with Gasteiger partial charge in [-0.2, -0.15) is 0 Å². The molecule has 0 aromatic heterocycles. The number of carbonyl (C=O) groups excluding carboxylic acids is 2. The monoisotopic (exact) mass is 265 g/mol. The van der Waals surface area contributed by atoms with E-state index in [1.165, 1.54) is 0 Å². The maximum absolute atomic E-state index is 11.8. The lowest BCUT2D eigenvalue weighted by Gasteiger charge is -2.54. The maximum Gasteiger partial charge on any atom is 0.347 e. The summed E-state index contributed by atoms with van der Waals surface area (Å²) in [6, 6.07) is 0. The Morgan fingerprint density at radius 2 is 2.26 bits per heavy atom. The Hall–Kier alpha value is -1.65. The fourth-order valence-electron chi connectivity index (χ4n) is 2.86. The summed E-state index contributed by atoms with van der Waals surface area (Å²) < 4.78 is 4.71. The van der Waals surface area contributed by atoms with Gasteiger partial charge in [-0.3, -0.25) is 4.79 Å². The Morgan fingerprint density at radius 1 is 1.53 bits per heavy atom. The molecule has 0 spiro atoms. The van der Waals surface area contributed by atoms with Crippen LogP contribution in [-0.4, -0.2) is 31.2 Å². The van der Waals surface area contributed by atoms with Crippen LogP contribution in [0.1, 0.15) is 27.2 Å². The van der Waals surface area contributed by atoms with Crippen molar-refractivity contribution in [2.75, 3.05) is 13.2 Å². The van der Waals surface area contributed by atoms with Crippen molar-refractivity contribution >= 4 is 18.0 Å². The molecule has 0 aromatic rings. The Labute approximate surface area is 112 Å². The molecule has 104 valence electrons. The van der Waals surface area contributed by atoms with Crippen molar-refractivity contribution in [3.63, 3.8) is 0 Å². The molecule has 2 bridgehead atoms. The summed E-state index contributed by atoms with van der Waals surface area (Å²) in [6.07, 6.45) is 4.07. The van der Waals surface area contributed by atoms with E-state index in [2.05, 4.69) is 19.0 Å². The third-order valence-corrected chi connectivity index (χ3v) is 4.09. The van der Waals surface area contributed by atoms with Gasteiger partial charge in [0.05, 0.1) is 12.8 Å². The van der Waals surface area contributed by atoms with Crippen molar-refractivity contribution < 1.29 is 19.2 Å². The Kier molecular flexibility index (Phi) is 3.73. The second kappa shape index (κ2) is 5.15. The normalized spacial score (nSPS) is 27.7. The summed E-state index contributed by atoms with van der Waals surface area (Å²) in [4.78, 5) is 27.7. The minimum atomic E-state index is -0.447. The molecule has 0 heterocycles. The molecular weight excluding hydrogens is 246 g/mol. The predicted octanol–water partition coefficient (Wildman–Crippen LogP) is 1.72. The first-order valence-corrected chi connectivity index (χ1v) is 6.53. The quantitative estimate of drug-likeness (QED) is 0.431. The zero-order valence-corrected chi connectivity index (χ0v) is 11.5. The largest absolute Gasteiger partial charge is 0.463 e. The highest BCUT2D eigenvalue weighted by molar-refractivity contribution is 6.01. The summed E-state index contributed by atoms with van der Waals surface area (Å²) in [7, 11) is 0. The van der Waals surface area contributed by atoms with Crippen LogP contribution in [0.25, 0.3) is 0 Å². The number of allylic oxidation sites excluding steroid dienone is 2. The van der Waals surface area contributed by atoms with Crippen LogP contribution < -0.4 is 0 Å². The average molecular weight is 265 g/mol. The topological polar surface area (TPSA) is 65.0 Å². The van der Waals surface area contributed by atoms with Gasteiger partial charge in [0.25, 0.3) is 0 Å². The molecule has 0 unspecified atom stereocenters. The summed E-state index contributed by atoms with van der Waals surface area (Å²) in [5.74, 6) is 0.219. The lowest BCUT2D eigenvalue weighted by Crippen LogP contribution is -2.52. The van der Waals surface area contributed by atoms with E-state index >= 15 is 0 Å². The van der Waals surface area contributed by atoms with Crippen LogP contribution in [0, 0.1) is 17.3 Å². The first-order valence-electron chi connectivity index (χ1n) is 6.53. The van der Waals surface area contributed by atoms with Crippen LogP contribution >= 0.6 is 0 Å². The fourth-order valence-corrected chi connectivity index (χ4v) is 2.86. The number of rotatable bonds is 5. The number of hydrogen-bond donors (Lipinski definition) is 0. The lowest BCUT2D eigenvalue weighted by atomic mass is 9.48. The van der Waals surface area contributed by atoms with E-state index in [0.717, 1.165) is 12.0 Å². The zero-order valence-electron chi connectivity index (χ0n) is 11.5. The molecule has 5 nitrogen and oxygen atoms in total. The number of ether oxygens (including phenoxy) is 1. The standard InChI is InChI=1S/C14H19NO4/c1-4-18-13(17)8-19-15-7-9-5-12(16)11-6-10(9)14(11,2)3/h5,7,10-11H,4,6,8H2,1-3H3/b15-7-/t10-,11+/m0/s1. The molecule has 3 aliphatic rings. The van der Waals surface area contributed by atoms with E-state index < -0.39 is 5.97 Å². The minimum absolute atomic E-state index is 0.00826. The number of esters is 1. The summed E-state index contributed by atoms with van der Waals surface area (Å²) in [5, 5.41) is 3.75. The number of nitrogens with zero attached hydrogens (tertiary/aromatic N) is 1. The molecule has 3 aliphatic carbocycles.